The highest BCUT2D eigenvalue weighted by Crippen LogP contribution is 2.21. The second-order valence-electron chi connectivity index (χ2n) is 4.39. The van der Waals surface area contributed by atoms with E-state index in [-0.39, 0.29) is 5.54 Å². The Morgan fingerprint density at radius 1 is 1.62 bits per heavy atom. The van der Waals surface area contributed by atoms with Crippen LogP contribution in [0.4, 0.5) is 0 Å². The van der Waals surface area contributed by atoms with Crippen molar-refractivity contribution in [2.24, 2.45) is 0 Å². The lowest BCUT2D eigenvalue weighted by atomic mass is 9.99. The number of carbonyl (C=O) groups is 1. The first-order valence-corrected chi connectivity index (χ1v) is 5.16. The fourth-order valence-corrected chi connectivity index (χ4v) is 1.41. The zero-order valence-corrected chi connectivity index (χ0v) is 9.86. The van der Waals surface area contributed by atoms with Crippen molar-refractivity contribution in [3.05, 3.63) is 12.2 Å². The standard InChI is InChI=1S/C11H17N3O2/c1-11(2,5-4-10(15)13-8-12)14(3)9-6-16-7-9/h4-5,9H,6-7H2,1-3H3,(H,13,15). The van der Waals surface area contributed by atoms with Crippen LogP contribution in [0, 0.1) is 11.5 Å². The number of hydrogen-bond donors (Lipinski definition) is 1. The van der Waals surface area contributed by atoms with E-state index in [2.05, 4.69) is 10.2 Å². The second kappa shape index (κ2) is 5.10. The molecule has 5 nitrogen and oxygen atoms in total. The van der Waals surface area contributed by atoms with E-state index in [0.29, 0.717) is 6.04 Å². The van der Waals surface area contributed by atoms with Crippen LogP contribution in [0.25, 0.3) is 0 Å². The topological polar surface area (TPSA) is 65.4 Å². The summed E-state index contributed by atoms with van der Waals surface area (Å²) in [6.07, 6.45) is 4.77. The summed E-state index contributed by atoms with van der Waals surface area (Å²) in [6, 6.07) is 0.402. The summed E-state index contributed by atoms with van der Waals surface area (Å²) in [6.45, 7) is 5.50. The van der Waals surface area contributed by atoms with Gasteiger partial charge in [-0.1, -0.05) is 6.08 Å². The summed E-state index contributed by atoms with van der Waals surface area (Å²) in [5.74, 6) is -0.395. The molecule has 88 valence electrons. The van der Waals surface area contributed by atoms with Gasteiger partial charge in [-0.3, -0.25) is 15.0 Å². The lowest BCUT2D eigenvalue weighted by Crippen LogP contribution is -2.55. The van der Waals surface area contributed by atoms with E-state index >= 15 is 0 Å². The maximum Gasteiger partial charge on any atom is 0.256 e. The molecule has 1 fully saturated rings. The molecule has 0 aliphatic carbocycles. The van der Waals surface area contributed by atoms with Gasteiger partial charge in [-0.25, -0.2) is 0 Å². The van der Waals surface area contributed by atoms with Crippen molar-refractivity contribution in [3.63, 3.8) is 0 Å². The van der Waals surface area contributed by atoms with Crippen LogP contribution >= 0.6 is 0 Å². The molecule has 0 radical (unpaired) electrons. The predicted molar refractivity (Wildman–Crippen MR) is 59.3 cm³/mol. The Morgan fingerprint density at radius 3 is 2.69 bits per heavy atom. The van der Waals surface area contributed by atoms with Crippen LogP contribution in [-0.2, 0) is 9.53 Å². The van der Waals surface area contributed by atoms with E-state index in [4.69, 9.17) is 10.00 Å². The number of nitriles is 1. The molecule has 1 N–H and O–H groups in total. The number of ether oxygens (including phenoxy) is 1. The smallest absolute Gasteiger partial charge is 0.256 e. The summed E-state index contributed by atoms with van der Waals surface area (Å²) in [5, 5.41) is 10.3. The number of likely N-dealkylation sites (N-methyl/N-ethyl adjacent to an activating group) is 1. The van der Waals surface area contributed by atoms with E-state index in [9.17, 15) is 4.79 Å². The second-order valence-corrected chi connectivity index (χ2v) is 4.39. The van der Waals surface area contributed by atoms with E-state index in [1.807, 2.05) is 20.9 Å². The molecule has 5 heteroatoms. The lowest BCUT2D eigenvalue weighted by Gasteiger charge is -2.43. The molecule has 1 amide bonds. The van der Waals surface area contributed by atoms with Gasteiger partial charge in [-0.2, -0.15) is 5.26 Å². The molecule has 0 aromatic rings. The Bertz CT molecular complexity index is 327. The van der Waals surface area contributed by atoms with Gasteiger partial charge in [0.05, 0.1) is 19.3 Å². The summed E-state index contributed by atoms with van der Waals surface area (Å²) in [5.41, 5.74) is -0.235. The van der Waals surface area contributed by atoms with Gasteiger partial charge in [0.1, 0.15) is 0 Å². The fourth-order valence-electron chi connectivity index (χ4n) is 1.41. The summed E-state index contributed by atoms with van der Waals surface area (Å²) < 4.78 is 5.13. The van der Waals surface area contributed by atoms with Crippen LogP contribution < -0.4 is 5.32 Å². The zero-order chi connectivity index (χ0) is 12.2. The van der Waals surface area contributed by atoms with Gasteiger partial charge in [-0.15, -0.1) is 0 Å². The molecule has 16 heavy (non-hydrogen) atoms. The molecule has 1 aliphatic rings. The highest BCUT2D eigenvalue weighted by atomic mass is 16.5. The summed E-state index contributed by atoms with van der Waals surface area (Å²) >= 11 is 0. The van der Waals surface area contributed by atoms with Crippen molar-refractivity contribution >= 4 is 5.91 Å². The van der Waals surface area contributed by atoms with E-state index < -0.39 is 5.91 Å². The SMILES string of the molecule is CN(C1COC1)C(C)(C)C=CC(=O)NC#N. The first-order valence-electron chi connectivity index (χ1n) is 5.16. The zero-order valence-electron chi connectivity index (χ0n) is 9.86. The van der Waals surface area contributed by atoms with E-state index in [1.54, 1.807) is 12.3 Å². The first-order chi connectivity index (χ1) is 7.47. The number of amides is 1. The molecule has 0 bridgehead atoms. The average molecular weight is 223 g/mol. The predicted octanol–water partition coefficient (Wildman–Crippen LogP) is 0.249. The van der Waals surface area contributed by atoms with Gasteiger partial charge >= 0.3 is 0 Å². The van der Waals surface area contributed by atoms with Crippen LogP contribution in [0.2, 0.25) is 0 Å². The van der Waals surface area contributed by atoms with E-state index in [0.717, 1.165) is 13.2 Å². The van der Waals surface area contributed by atoms with Gasteiger partial charge in [-0.05, 0) is 20.9 Å². The third-order valence-electron chi connectivity index (χ3n) is 2.90. The largest absolute Gasteiger partial charge is 0.378 e. The maximum atomic E-state index is 11.1. The quantitative estimate of drug-likeness (QED) is 0.421. The Hall–Kier alpha value is -1.38. The third kappa shape index (κ3) is 3.05. The molecule has 0 aromatic carbocycles. The van der Waals surface area contributed by atoms with Gasteiger partial charge in [0.25, 0.3) is 5.91 Å². The highest BCUT2D eigenvalue weighted by molar-refractivity contribution is 5.88. The van der Waals surface area contributed by atoms with Crippen LogP contribution in [-0.4, -0.2) is 42.6 Å². The van der Waals surface area contributed by atoms with Crippen LogP contribution in [0.3, 0.4) is 0 Å². The van der Waals surface area contributed by atoms with Gasteiger partial charge in [0, 0.05) is 11.6 Å². The van der Waals surface area contributed by atoms with Crippen molar-refractivity contribution in [2.75, 3.05) is 20.3 Å². The van der Waals surface area contributed by atoms with Crippen molar-refractivity contribution in [1.29, 1.82) is 5.26 Å². The third-order valence-corrected chi connectivity index (χ3v) is 2.90. The number of rotatable bonds is 4. The van der Waals surface area contributed by atoms with Crippen LogP contribution in [0.15, 0.2) is 12.2 Å². The highest BCUT2D eigenvalue weighted by Gasteiger charge is 2.31. The molecule has 1 heterocycles. The molecule has 1 rings (SSSR count). The molecule has 0 unspecified atom stereocenters. The van der Waals surface area contributed by atoms with Crippen molar-refractivity contribution in [2.45, 2.75) is 25.4 Å². The molecule has 0 atom stereocenters. The van der Waals surface area contributed by atoms with Crippen LogP contribution in [0.5, 0.6) is 0 Å². The lowest BCUT2D eigenvalue weighted by molar-refractivity contribution is -0.115. The molecule has 0 saturated carbocycles. The van der Waals surface area contributed by atoms with Gasteiger partial charge in [0.15, 0.2) is 6.19 Å². The van der Waals surface area contributed by atoms with Crippen molar-refractivity contribution in [3.8, 4) is 6.19 Å². The fraction of sp³-hybridized carbons (Fsp3) is 0.636. The van der Waals surface area contributed by atoms with Gasteiger partial charge in [0.2, 0.25) is 0 Å². The molecule has 0 spiro atoms. The Kier molecular flexibility index (Phi) is 4.05. The first kappa shape index (κ1) is 12.7. The summed E-state index contributed by atoms with van der Waals surface area (Å²) in [4.78, 5) is 13.3. The minimum absolute atomic E-state index is 0.235. The number of hydrogen-bond acceptors (Lipinski definition) is 4. The summed E-state index contributed by atoms with van der Waals surface area (Å²) in [7, 11) is 2.00. The molecule has 0 aromatic heterocycles. The molecule has 1 aliphatic heterocycles. The molecular formula is C11H17N3O2. The van der Waals surface area contributed by atoms with Crippen molar-refractivity contribution < 1.29 is 9.53 Å². The minimum Gasteiger partial charge on any atom is -0.378 e. The number of carbonyl (C=O) groups excluding carboxylic acids is 1. The van der Waals surface area contributed by atoms with E-state index in [1.165, 1.54) is 6.08 Å². The Labute approximate surface area is 95.7 Å². The maximum absolute atomic E-state index is 11.1. The number of nitrogens with one attached hydrogen (secondary N) is 1. The Balaban J connectivity index is 2.55. The number of nitrogens with zero attached hydrogens (tertiary/aromatic N) is 2. The van der Waals surface area contributed by atoms with Crippen LogP contribution in [0.1, 0.15) is 13.8 Å². The molecule has 1 saturated heterocycles. The van der Waals surface area contributed by atoms with Gasteiger partial charge < -0.3 is 4.74 Å². The minimum atomic E-state index is -0.395. The average Bonchev–Trinajstić information content (AvgIpc) is 2.13. The Morgan fingerprint density at radius 2 is 2.25 bits per heavy atom. The monoisotopic (exact) mass is 223 g/mol. The normalized spacial score (nSPS) is 17.2. The molecular weight excluding hydrogens is 206 g/mol. The van der Waals surface area contributed by atoms with Crippen molar-refractivity contribution in [1.82, 2.24) is 10.2 Å².